The van der Waals surface area contributed by atoms with Gasteiger partial charge in [0.2, 0.25) is 5.91 Å². The maximum Gasteiger partial charge on any atom is 0.217 e. The highest BCUT2D eigenvalue weighted by atomic mass is 16.5. The lowest BCUT2D eigenvalue weighted by atomic mass is 9.92. The van der Waals surface area contributed by atoms with Crippen molar-refractivity contribution in [1.82, 2.24) is 4.90 Å². The van der Waals surface area contributed by atoms with Gasteiger partial charge in [0, 0.05) is 13.0 Å². The summed E-state index contributed by atoms with van der Waals surface area (Å²) in [4.78, 5) is 13.2. The molecule has 1 aromatic rings. The molecule has 1 amide bonds. The van der Waals surface area contributed by atoms with Crippen molar-refractivity contribution in [3.05, 3.63) is 30.3 Å². The van der Waals surface area contributed by atoms with Crippen LogP contribution in [0.2, 0.25) is 0 Å². The number of carbonyl (C=O) groups is 1. The third kappa shape index (κ3) is 5.21. The molecule has 2 N–H and O–H groups in total. The van der Waals surface area contributed by atoms with Gasteiger partial charge in [-0.1, -0.05) is 18.2 Å². The molecule has 2 rings (SSSR count). The van der Waals surface area contributed by atoms with Crippen LogP contribution in [0.1, 0.15) is 25.7 Å². The van der Waals surface area contributed by atoms with E-state index in [0.29, 0.717) is 12.3 Å². The molecule has 1 fully saturated rings. The number of hydrogen-bond donors (Lipinski definition) is 1. The van der Waals surface area contributed by atoms with Crippen LogP contribution in [0.3, 0.4) is 0 Å². The summed E-state index contributed by atoms with van der Waals surface area (Å²) in [5.41, 5.74) is 5.19. The molecule has 0 atom stereocenters. The minimum Gasteiger partial charge on any atom is -0.492 e. The summed E-state index contributed by atoms with van der Waals surface area (Å²) >= 11 is 0. The number of benzene rings is 1. The highest BCUT2D eigenvalue weighted by Crippen LogP contribution is 2.21. The van der Waals surface area contributed by atoms with Gasteiger partial charge in [0.1, 0.15) is 12.4 Å². The van der Waals surface area contributed by atoms with E-state index in [2.05, 4.69) is 4.90 Å². The SMILES string of the molecule is NC(=O)CCC1CCN(CCOc2ccccc2)CC1. The number of rotatable bonds is 7. The second-order valence-electron chi connectivity index (χ2n) is 5.45. The number of piperidine rings is 1. The highest BCUT2D eigenvalue weighted by Gasteiger charge is 2.19. The first-order valence-corrected chi connectivity index (χ1v) is 7.42. The third-order valence-electron chi connectivity index (χ3n) is 3.93. The van der Waals surface area contributed by atoms with Crippen molar-refractivity contribution >= 4 is 5.91 Å². The van der Waals surface area contributed by atoms with E-state index >= 15 is 0 Å². The van der Waals surface area contributed by atoms with Gasteiger partial charge in [-0.15, -0.1) is 0 Å². The number of amides is 1. The van der Waals surface area contributed by atoms with Crippen molar-refractivity contribution in [2.24, 2.45) is 11.7 Å². The molecule has 0 aliphatic carbocycles. The Hall–Kier alpha value is -1.55. The molecule has 1 saturated heterocycles. The second kappa shape index (κ2) is 7.90. The zero-order valence-electron chi connectivity index (χ0n) is 12.0. The second-order valence-corrected chi connectivity index (χ2v) is 5.45. The van der Waals surface area contributed by atoms with Gasteiger partial charge in [-0.05, 0) is 50.4 Å². The standard InChI is InChI=1S/C16H24N2O2/c17-16(19)7-6-14-8-10-18(11-9-14)12-13-20-15-4-2-1-3-5-15/h1-5,14H,6-13H2,(H2,17,19). The quantitative estimate of drug-likeness (QED) is 0.829. The van der Waals surface area contributed by atoms with Crippen molar-refractivity contribution in [1.29, 1.82) is 0 Å². The third-order valence-corrected chi connectivity index (χ3v) is 3.93. The zero-order chi connectivity index (χ0) is 14.2. The smallest absolute Gasteiger partial charge is 0.217 e. The molecule has 0 radical (unpaired) electrons. The first kappa shape index (κ1) is 14.9. The van der Waals surface area contributed by atoms with E-state index in [-0.39, 0.29) is 5.91 Å². The van der Waals surface area contributed by atoms with Gasteiger partial charge >= 0.3 is 0 Å². The van der Waals surface area contributed by atoms with Crippen LogP contribution in [0.25, 0.3) is 0 Å². The normalized spacial score (nSPS) is 17.0. The minimum absolute atomic E-state index is 0.177. The molecule has 20 heavy (non-hydrogen) atoms. The Morgan fingerprint density at radius 1 is 1.25 bits per heavy atom. The summed E-state index contributed by atoms with van der Waals surface area (Å²) in [5.74, 6) is 1.42. The summed E-state index contributed by atoms with van der Waals surface area (Å²) in [5, 5.41) is 0. The topological polar surface area (TPSA) is 55.6 Å². The molecule has 1 heterocycles. The van der Waals surface area contributed by atoms with Crippen LogP contribution < -0.4 is 10.5 Å². The summed E-state index contributed by atoms with van der Waals surface area (Å²) in [6.45, 7) is 3.90. The molecule has 110 valence electrons. The molecule has 4 heteroatoms. The molecule has 0 aromatic heterocycles. The van der Waals surface area contributed by atoms with Crippen LogP contribution in [0, 0.1) is 5.92 Å². The molecule has 1 aliphatic rings. The lowest BCUT2D eigenvalue weighted by molar-refractivity contribution is -0.118. The van der Waals surface area contributed by atoms with Crippen molar-refractivity contribution in [3.63, 3.8) is 0 Å². The molecule has 4 nitrogen and oxygen atoms in total. The lowest BCUT2D eigenvalue weighted by Crippen LogP contribution is -2.36. The van der Waals surface area contributed by atoms with E-state index in [0.717, 1.165) is 38.4 Å². The molecule has 0 saturated carbocycles. The molecular weight excluding hydrogens is 252 g/mol. The first-order chi connectivity index (χ1) is 9.74. The molecular formula is C16H24N2O2. The van der Waals surface area contributed by atoms with Gasteiger partial charge in [0.15, 0.2) is 0 Å². The van der Waals surface area contributed by atoms with E-state index in [4.69, 9.17) is 10.5 Å². The van der Waals surface area contributed by atoms with Gasteiger partial charge in [0.05, 0.1) is 0 Å². The minimum atomic E-state index is -0.177. The maximum absolute atomic E-state index is 10.8. The van der Waals surface area contributed by atoms with Crippen molar-refractivity contribution in [2.45, 2.75) is 25.7 Å². The molecule has 1 aliphatic heterocycles. The number of hydrogen-bond acceptors (Lipinski definition) is 3. The Morgan fingerprint density at radius 2 is 1.95 bits per heavy atom. The highest BCUT2D eigenvalue weighted by molar-refractivity contribution is 5.73. The number of para-hydroxylation sites is 1. The van der Waals surface area contributed by atoms with Gasteiger partial charge < -0.3 is 10.5 Å². The van der Waals surface area contributed by atoms with Crippen molar-refractivity contribution < 1.29 is 9.53 Å². The average molecular weight is 276 g/mol. The number of ether oxygens (including phenoxy) is 1. The summed E-state index contributed by atoms with van der Waals surface area (Å²) in [6.07, 6.45) is 3.81. The Kier molecular flexibility index (Phi) is 5.87. The Morgan fingerprint density at radius 3 is 2.60 bits per heavy atom. The van der Waals surface area contributed by atoms with Gasteiger partial charge in [0.25, 0.3) is 0 Å². The van der Waals surface area contributed by atoms with E-state index in [9.17, 15) is 4.79 Å². The average Bonchev–Trinajstić information content (AvgIpc) is 2.47. The summed E-state index contributed by atoms with van der Waals surface area (Å²) in [7, 11) is 0. The zero-order valence-corrected chi connectivity index (χ0v) is 12.0. The van der Waals surface area contributed by atoms with Crippen LogP contribution in [-0.2, 0) is 4.79 Å². The van der Waals surface area contributed by atoms with Crippen molar-refractivity contribution in [3.8, 4) is 5.75 Å². The van der Waals surface area contributed by atoms with Gasteiger partial charge in [-0.25, -0.2) is 0 Å². The number of nitrogens with two attached hydrogens (primary N) is 1. The fourth-order valence-electron chi connectivity index (χ4n) is 2.65. The van der Waals surface area contributed by atoms with E-state index in [1.54, 1.807) is 0 Å². The maximum atomic E-state index is 10.8. The van der Waals surface area contributed by atoms with Crippen LogP contribution in [0.4, 0.5) is 0 Å². The first-order valence-electron chi connectivity index (χ1n) is 7.42. The van der Waals surface area contributed by atoms with Crippen LogP contribution >= 0.6 is 0 Å². The lowest BCUT2D eigenvalue weighted by Gasteiger charge is -2.31. The fraction of sp³-hybridized carbons (Fsp3) is 0.562. The molecule has 0 bridgehead atoms. The van der Waals surface area contributed by atoms with E-state index in [1.807, 2.05) is 30.3 Å². The molecule has 0 spiro atoms. The predicted molar refractivity (Wildman–Crippen MR) is 79.5 cm³/mol. The van der Waals surface area contributed by atoms with Crippen LogP contribution in [0.15, 0.2) is 30.3 Å². The van der Waals surface area contributed by atoms with E-state index in [1.165, 1.54) is 12.8 Å². The van der Waals surface area contributed by atoms with Crippen LogP contribution in [0.5, 0.6) is 5.75 Å². The molecule has 1 aromatic carbocycles. The summed E-state index contributed by atoms with van der Waals surface area (Å²) in [6, 6.07) is 9.93. The van der Waals surface area contributed by atoms with E-state index < -0.39 is 0 Å². The fourth-order valence-corrected chi connectivity index (χ4v) is 2.65. The van der Waals surface area contributed by atoms with Crippen LogP contribution in [-0.4, -0.2) is 37.0 Å². The number of nitrogens with zero attached hydrogens (tertiary/aromatic N) is 1. The predicted octanol–water partition coefficient (Wildman–Crippen LogP) is 2.04. The Bertz CT molecular complexity index is 400. The molecule has 0 unspecified atom stereocenters. The number of likely N-dealkylation sites (tertiary alicyclic amines) is 1. The van der Waals surface area contributed by atoms with Gasteiger partial charge in [-0.3, -0.25) is 9.69 Å². The monoisotopic (exact) mass is 276 g/mol. The number of carbonyl (C=O) groups excluding carboxylic acids is 1. The van der Waals surface area contributed by atoms with Gasteiger partial charge in [-0.2, -0.15) is 0 Å². The Labute approximate surface area is 120 Å². The summed E-state index contributed by atoms with van der Waals surface area (Å²) < 4.78 is 5.71. The largest absolute Gasteiger partial charge is 0.492 e. The Balaban J connectivity index is 1.59. The van der Waals surface area contributed by atoms with Crippen molar-refractivity contribution in [2.75, 3.05) is 26.2 Å². The number of primary amides is 1.